The van der Waals surface area contributed by atoms with Gasteiger partial charge in [0.2, 0.25) is 0 Å². The fraction of sp³-hybridized carbons (Fsp3) is 0.600. The molecule has 0 atom stereocenters. The second kappa shape index (κ2) is 4.83. The van der Waals surface area contributed by atoms with Crippen molar-refractivity contribution in [2.24, 2.45) is 5.41 Å². The molecule has 0 saturated carbocycles. The van der Waals surface area contributed by atoms with Crippen molar-refractivity contribution < 1.29 is 0 Å². The van der Waals surface area contributed by atoms with E-state index in [2.05, 4.69) is 39.0 Å². The highest BCUT2D eigenvalue weighted by molar-refractivity contribution is 5.34. The molecule has 0 aliphatic heterocycles. The predicted molar refractivity (Wildman–Crippen MR) is 68.3 cm³/mol. The summed E-state index contributed by atoms with van der Waals surface area (Å²) in [4.78, 5) is 0. The van der Waals surface area contributed by atoms with E-state index in [9.17, 15) is 0 Å². The lowest BCUT2D eigenvalue weighted by atomic mass is 9.74. The number of hydrogen-bond donors (Lipinski definition) is 0. The molecule has 0 unspecified atom stereocenters. The average molecular weight is 204 g/mol. The van der Waals surface area contributed by atoms with Crippen molar-refractivity contribution in [2.45, 2.75) is 53.9 Å². The van der Waals surface area contributed by atoms with E-state index in [1.54, 1.807) is 11.1 Å². The molecule has 0 saturated heterocycles. The van der Waals surface area contributed by atoms with Gasteiger partial charge in [-0.1, -0.05) is 51.5 Å². The Morgan fingerprint density at radius 2 is 1.73 bits per heavy atom. The highest BCUT2D eigenvalue weighted by atomic mass is 14.3. The smallest absolute Gasteiger partial charge is 0.0224 e. The van der Waals surface area contributed by atoms with Crippen LogP contribution < -0.4 is 0 Å². The normalized spacial score (nSPS) is 17.4. The van der Waals surface area contributed by atoms with E-state index in [-0.39, 0.29) is 0 Å². The number of fused-ring (bicyclic) bond motifs is 1. The van der Waals surface area contributed by atoms with Crippen LogP contribution in [-0.2, 0) is 12.8 Å². The first-order valence-corrected chi connectivity index (χ1v) is 6.15. The molecule has 0 radical (unpaired) electrons. The Labute approximate surface area is 94.7 Å². The summed E-state index contributed by atoms with van der Waals surface area (Å²) in [6, 6.07) is 6.90. The predicted octanol–water partition coefficient (Wildman–Crippen LogP) is 4.54. The lowest BCUT2D eigenvalue weighted by molar-refractivity contribution is 0.315. The van der Waals surface area contributed by atoms with Gasteiger partial charge in [0.15, 0.2) is 0 Å². The van der Waals surface area contributed by atoms with Gasteiger partial charge < -0.3 is 0 Å². The molecule has 1 aliphatic carbocycles. The van der Waals surface area contributed by atoms with Gasteiger partial charge in [0.05, 0.1) is 0 Å². The highest BCUT2D eigenvalue weighted by Crippen LogP contribution is 2.34. The first kappa shape index (κ1) is 12.3. The summed E-state index contributed by atoms with van der Waals surface area (Å²) in [5.41, 5.74) is 5.07. The summed E-state index contributed by atoms with van der Waals surface area (Å²) in [5, 5.41) is 0. The molecule has 0 amide bonds. The van der Waals surface area contributed by atoms with Gasteiger partial charge in [-0.2, -0.15) is 0 Å². The summed E-state index contributed by atoms with van der Waals surface area (Å²) in [6.07, 6.45) is 3.86. The van der Waals surface area contributed by atoms with Crippen LogP contribution in [0.4, 0.5) is 0 Å². The van der Waals surface area contributed by atoms with E-state index < -0.39 is 0 Å². The molecule has 84 valence electrons. The van der Waals surface area contributed by atoms with Gasteiger partial charge in [-0.3, -0.25) is 0 Å². The Morgan fingerprint density at radius 3 is 2.40 bits per heavy atom. The minimum absolute atomic E-state index is 0.516. The van der Waals surface area contributed by atoms with Crippen LogP contribution in [0.15, 0.2) is 18.2 Å². The lowest BCUT2D eigenvalue weighted by Crippen LogP contribution is -2.22. The Kier molecular flexibility index (Phi) is 3.96. The van der Waals surface area contributed by atoms with Gasteiger partial charge in [-0.15, -0.1) is 0 Å². The molecule has 0 heterocycles. The quantitative estimate of drug-likeness (QED) is 0.582. The fourth-order valence-corrected chi connectivity index (χ4v) is 2.24. The molecule has 0 fully saturated rings. The SMILES string of the molecule is CC.Cc1ccc2c(c1)CCC(C)(C)C2. The summed E-state index contributed by atoms with van der Waals surface area (Å²) >= 11 is 0. The van der Waals surface area contributed by atoms with Crippen LogP contribution in [0, 0.1) is 12.3 Å². The van der Waals surface area contributed by atoms with E-state index in [1.165, 1.54) is 24.8 Å². The summed E-state index contributed by atoms with van der Waals surface area (Å²) in [7, 11) is 0. The van der Waals surface area contributed by atoms with E-state index in [0.29, 0.717) is 5.41 Å². The van der Waals surface area contributed by atoms with Gasteiger partial charge in [-0.25, -0.2) is 0 Å². The van der Waals surface area contributed by atoms with Crippen molar-refractivity contribution in [3.8, 4) is 0 Å². The number of hydrogen-bond acceptors (Lipinski definition) is 0. The minimum Gasteiger partial charge on any atom is -0.0683 e. The van der Waals surface area contributed by atoms with Crippen molar-refractivity contribution in [2.75, 3.05) is 0 Å². The van der Waals surface area contributed by atoms with Crippen molar-refractivity contribution in [1.29, 1.82) is 0 Å². The summed E-state index contributed by atoms with van der Waals surface area (Å²) < 4.78 is 0. The van der Waals surface area contributed by atoms with Crippen molar-refractivity contribution in [1.82, 2.24) is 0 Å². The third-order valence-corrected chi connectivity index (χ3v) is 3.10. The van der Waals surface area contributed by atoms with Gasteiger partial charge in [0, 0.05) is 0 Å². The molecule has 1 aromatic carbocycles. The number of benzene rings is 1. The molecule has 1 aliphatic rings. The molecule has 0 nitrogen and oxygen atoms in total. The maximum absolute atomic E-state index is 2.37. The van der Waals surface area contributed by atoms with Crippen LogP contribution in [0.2, 0.25) is 0 Å². The molecule has 1 aromatic rings. The molecule has 2 rings (SSSR count). The van der Waals surface area contributed by atoms with Crippen LogP contribution >= 0.6 is 0 Å². The summed E-state index contributed by atoms with van der Waals surface area (Å²) in [6.45, 7) is 10.9. The molecular weight excluding hydrogens is 180 g/mol. The standard InChI is InChI=1S/C13H18.C2H6/c1-10-4-5-12-9-13(2,3)7-6-11(12)8-10;1-2/h4-5,8H,6-7,9H2,1-3H3;1-2H3. The Balaban J connectivity index is 0.000000531. The number of aryl methyl sites for hydroxylation is 2. The lowest BCUT2D eigenvalue weighted by Gasteiger charge is -2.31. The van der Waals surface area contributed by atoms with E-state index >= 15 is 0 Å². The highest BCUT2D eigenvalue weighted by Gasteiger charge is 2.24. The average Bonchev–Trinajstić information content (AvgIpc) is 2.21. The van der Waals surface area contributed by atoms with E-state index in [1.807, 2.05) is 13.8 Å². The third kappa shape index (κ3) is 3.09. The van der Waals surface area contributed by atoms with E-state index in [0.717, 1.165) is 0 Å². The van der Waals surface area contributed by atoms with Crippen LogP contribution in [-0.4, -0.2) is 0 Å². The number of rotatable bonds is 0. The largest absolute Gasteiger partial charge is 0.0683 e. The van der Waals surface area contributed by atoms with Crippen molar-refractivity contribution >= 4 is 0 Å². The Bertz CT molecular complexity index is 321. The minimum atomic E-state index is 0.516. The second-order valence-electron chi connectivity index (χ2n) is 5.11. The molecule has 0 heteroatoms. The van der Waals surface area contributed by atoms with Crippen LogP contribution in [0.3, 0.4) is 0 Å². The van der Waals surface area contributed by atoms with Crippen molar-refractivity contribution in [3.63, 3.8) is 0 Å². The molecule has 0 aromatic heterocycles. The van der Waals surface area contributed by atoms with Gasteiger partial charge in [-0.05, 0) is 42.7 Å². The fourth-order valence-electron chi connectivity index (χ4n) is 2.24. The van der Waals surface area contributed by atoms with Crippen LogP contribution in [0.25, 0.3) is 0 Å². The van der Waals surface area contributed by atoms with E-state index in [4.69, 9.17) is 0 Å². The van der Waals surface area contributed by atoms with Gasteiger partial charge >= 0.3 is 0 Å². The van der Waals surface area contributed by atoms with Crippen molar-refractivity contribution in [3.05, 3.63) is 34.9 Å². The summed E-state index contributed by atoms with van der Waals surface area (Å²) in [5.74, 6) is 0. The van der Waals surface area contributed by atoms with Gasteiger partial charge in [0.25, 0.3) is 0 Å². The maximum atomic E-state index is 2.37. The Hall–Kier alpha value is -0.780. The third-order valence-electron chi connectivity index (χ3n) is 3.10. The molecule has 0 spiro atoms. The monoisotopic (exact) mass is 204 g/mol. The molecule has 0 N–H and O–H groups in total. The first-order valence-electron chi connectivity index (χ1n) is 6.15. The first-order chi connectivity index (χ1) is 7.07. The zero-order valence-corrected chi connectivity index (χ0v) is 10.9. The topological polar surface area (TPSA) is 0 Å². The zero-order chi connectivity index (χ0) is 11.5. The van der Waals surface area contributed by atoms with Crippen LogP contribution in [0.1, 0.15) is 50.8 Å². The van der Waals surface area contributed by atoms with Crippen LogP contribution in [0.5, 0.6) is 0 Å². The second-order valence-corrected chi connectivity index (χ2v) is 5.11. The zero-order valence-electron chi connectivity index (χ0n) is 10.9. The molecular formula is C15H24. The Morgan fingerprint density at radius 1 is 1.07 bits per heavy atom. The maximum Gasteiger partial charge on any atom is -0.0224 e. The molecule has 15 heavy (non-hydrogen) atoms. The van der Waals surface area contributed by atoms with Gasteiger partial charge in [0.1, 0.15) is 0 Å². The molecule has 0 bridgehead atoms.